The van der Waals surface area contributed by atoms with Crippen molar-refractivity contribution in [1.29, 1.82) is 0 Å². The second kappa shape index (κ2) is 2.75. The summed E-state index contributed by atoms with van der Waals surface area (Å²) in [6.45, 7) is 1.54. The maximum absolute atomic E-state index is 11.9. The number of hydrogen-bond acceptors (Lipinski definition) is 2. The van der Waals surface area contributed by atoms with E-state index in [1.807, 2.05) is 0 Å². The van der Waals surface area contributed by atoms with Crippen molar-refractivity contribution in [3.63, 3.8) is 0 Å². The van der Waals surface area contributed by atoms with E-state index in [0.29, 0.717) is 0 Å². The Hall–Kier alpha value is -0.290. The van der Waals surface area contributed by atoms with Gasteiger partial charge in [0, 0.05) is 0 Å². The lowest BCUT2D eigenvalue weighted by atomic mass is 9.94. The van der Waals surface area contributed by atoms with Gasteiger partial charge in [-0.1, -0.05) is 0 Å². The molecule has 0 amide bonds. The molecular weight excluding hydrogens is 147 g/mol. The molecule has 0 bridgehead atoms. The quantitative estimate of drug-likeness (QED) is 0.616. The summed E-state index contributed by atoms with van der Waals surface area (Å²) >= 11 is 0. The van der Waals surface area contributed by atoms with E-state index in [-0.39, 0.29) is 0 Å². The molecule has 0 aromatic rings. The maximum atomic E-state index is 11.9. The summed E-state index contributed by atoms with van der Waals surface area (Å²) in [5, 5.41) is 0. The van der Waals surface area contributed by atoms with E-state index >= 15 is 0 Å². The van der Waals surface area contributed by atoms with Gasteiger partial charge in [-0.3, -0.25) is 0 Å². The first-order chi connectivity index (χ1) is 4.31. The van der Waals surface area contributed by atoms with E-state index in [4.69, 9.17) is 0 Å². The Labute approximate surface area is 57.1 Å². The fourth-order valence-corrected chi connectivity index (χ4v) is 0.290. The van der Waals surface area contributed by atoms with Crippen LogP contribution in [0.15, 0.2) is 0 Å². The van der Waals surface area contributed by atoms with Gasteiger partial charge in [0.15, 0.2) is 0 Å². The fraction of sp³-hybridized carbons (Fsp3) is 1.00. The average Bonchev–Trinajstić information content (AvgIpc) is 1.61. The van der Waals surface area contributed by atoms with Crippen LogP contribution in [-0.2, 0) is 4.84 Å². The van der Waals surface area contributed by atoms with Crippen molar-refractivity contribution in [1.82, 2.24) is 0 Å². The normalized spacial score (nSPS) is 13.8. The molecule has 0 rings (SSSR count). The molecular formula is C5H10F3NO. The predicted molar refractivity (Wildman–Crippen MR) is 30.0 cm³/mol. The largest absolute Gasteiger partial charge is 0.396 e. The third-order valence-electron chi connectivity index (χ3n) is 1.21. The summed E-state index contributed by atoms with van der Waals surface area (Å²) in [5.41, 5.74) is -1.86. The zero-order chi connectivity index (χ0) is 8.41. The summed E-state index contributed by atoms with van der Waals surface area (Å²) < 4.78 is 35.7. The lowest BCUT2D eigenvalue weighted by Crippen LogP contribution is -2.37. The van der Waals surface area contributed by atoms with Gasteiger partial charge in [0.25, 0.3) is 0 Å². The lowest BCUT2D eigenvalue weighted by Gasteiger charge is -2.25. The number of hydrogen-bond donors (Lipinski definition) is 1. The Morgan fingerprint density at radius 2 is 1.70 bits per heavy atom. The highest BCUT2D eigenvalue weighted by molar-refractivity contribution is 4.75. The molecule has 5 heteroatoms. The fourth-order valence-electron chi connectivity index (χ4n) is 0.290. The van der Waals surface area contributed by atoms with Crippen LogP contribution in [0.3, 0.4) is 0 Å². The van der Waals surface area contributed by atoms with Crippen LogP contribution in [0.25, 0.3) is 0 Å². The number of halogens is 3. The van der Waals surface area contributed by atoms with Crippen molar-refractivity contribution in [2.24, 2.45) is 11.3 Å². The van der Waals surface area contributed by atoms with Crippen LogP contribution in [-0.4, -0.2) is 12.8 Å². The standard InChI is InChI=1S/C5H10F3NO/c1-4(2,3-10-9)5(6,7)8/h3,9H2,1-2H3. The third kappa shape index (κ3) is 2.15. The SMILES string of the molecule is CC(C)(CON)C(F)(F)F. The molecule has 0 aliphatic rings. The molecule has 0 aromatic heterocycles. The zero-order valence-corrected chi connectivity index (χ0v) is 5.83. The smallest absolute Gasteiger partial charge is 0.304 e. The minimum absolute atomic E-state index is 0.517. The Morgan fingerprint density at radius 3 is 1.80 bits per heavy atom. The molecule has 0 heterocycles. The van der Waals surface area contributed by atoms with E-state index in [2.05, 4.69) is 10.7 Å². The van der Waals surface area contributed by atoms with Crippen LogP contribution in [0.2, 0.25) is 0 Å². The van der Waals surface area contributed by atoms with Gasteiger partial charge in [-0.25, -0.2) is 5.90 Å². The Bertz CT molecular complexity index is 110. The van der Waals surface area contributed by atoms with Gasteiger partial charge in [0.2, 0.25) is 0 Å². The highest BCUT2D eigenvalue weighted by atomic mass is 19.4. The highest BCUT2D eigenvalue weighted by Gasteiger charge is 2.47. The van der Waals surface area contributed by atoms with Crippen molar-refractivity contribution in [3.05, 3.63) is 0 Å². The van der Waals surface area contributed by atoms with Gasteiger partial charge in [-0.05, 0) is 13.8 Å². The minimum Gasteiger partial charge on any atom is -0.304 e. The first kappa shape index (κ1) is 9.71. The number of rotatable bonds is 2. The summed E-state index contributed by atoms with van der Waals surface area (Å²) in [6.07, 6.45) is -4.26. The van der Waals surface area contributed by atoms with Crippen LogP contribution >= 0.6 is 0 Å². The van der Waals surface area contributed by atoms with E-state index in [0.717, 1.165) is 13.8 Å². The van der Waals surface area contributed by atoms with Crippen molar-refractivity contribution in [2.75, 3.05) is 6.61 Å². The van der Waals surface area contributed by atoms with Gasteiger partial charge in [0.05, 0.1) is 12.0 Å². The molecule has 0 saturated heterocycles. The van der Waals surface area contributed by atoms with Crippen LogP contribution in [0, 0.1) is 5.41 Å². The Morgan fingerprint density at radius 1 is 1.30 bits per heavy atom. The molecule has 2 N–H and O–H groups in total. The molecule has 0 spiro atoms. The topological polar surface area (TPSA) is 35.2 Å². The molecule has 10 heavy (non-hydrogen) atoms. The summed E-state index contributed by atoms with van der Waals surface area (Å²) in [6, 6.07) is 0. The highest BCUT2D eigenvalue weighted by Crippen LogP contribution is 2.37. The van der Waals surface area contributed by atoms with Gasteiger partial charge < -0.3 is 4.84 Å². The zero-order valence-electron chi connectivity index (χ0n) is 5.83. The molecule has 0 unspecified atom stereocenters. The van der Waals surface area contributed by atoms with Crippen molar-refractivity contribution < 1.29 is 18.0 Å². The average molecular weight is 157 g/mol. The molecule has 0 aromatic carbocycles. The second-order valence-corrected chi connectivity index (χ2v) is 2.69. The van der Waals surface area contributed by atoms with Crippen molar-refractivity contribution in [2.45, 2.75) is 20.0 Å². The summed E-state index contributed by atoms with van der Waals surface area (Å²) in [4.78, 5) is 3.91. The summed E-state index contributed by atoms with van der Waals surface area (Å²) in [7, 11) is 0. The second-order valence-electron chi connectivity index (χ2n) is 2.69. The third-order valence-corrected chi connectivity index (χ3v) is 1.21. The number of nitrogens with two attached hydrogens (primary N) is 1. The lowest BCUT2D eigenvalue weighted by molar-refractivity contribution is -0.227. The van der Waals surface area contributed by atoms with Crippen LogP contribution in [0.1, 0.15) is 13.8 Å². The monoisotopic (exact) mass is 157 g/mol. The Kier molecular flexibility index (Phi) is 2.67. The Balaban J connectivity index is 4.10. The van der Waals surface area contributed by atoms with Crippen LogP contribution in [0.4, 0.5) is 13.2 Å². The van der Waals surface area contributed by atoms with E-state index in [1.54, 1.807) is 0 Å². The predicted octanol–water partition coefficient (Wildman–Crippen LogP) is 1.47. The molecule has 0 fully saturated rings. The maximum Gasteiger partial charge on any atom is 0.396 e. The van der Waals surface area contributed by atoms with E-state index in [1.165, 1.54) is 0 Å². The molecule has 2 nitrogen and oxygen atoms in total. The molecule has 0 saturated carbocycles. The molecule has 0 aliphatic heterocycles. The van der Waals surface area contributed by atoms with Crippen molar-refractivity contribution >= 4 is 0 Å². The van der Waals surface area contributed by atoms with Crippen molar-refractivity contribution in [3.8, 4) is 0 Å². The molecule has 0 radical (unpaired) electrons. The van der Waals surface area contributed by atoms with E-state index in [9.17, 15) is 13.2 Å². The molecule has 0 aliphatic carbocycles. The van der Waals surface area contributed by atoms with Gasteiger partial charge >= 0.3 is 6.18 Å². The van der Waals surface area contributed by atoms with Crippen LogP contribution < -0.4 is 5.90 Å². The van der Waals surface area contributed by atoms with E-state index < -0.39 is 18.2 Å². The van der Waals surface area contributed by atoms with Crippen LogP contribution in [0.5, 0.6) is 0 Å². The first-order valence-corrected chi connectivity index (χ1v) is 2.69. The molecule has 0 atom stereocenters. The minimum atomic E-state index is -4.26. The van der Waals surface area contributed by atoms with Gasteiger partial charge in [-0.2, -0.15) is 13.2 Å². The first-order valence-electron chi connectivity index (χ1n) is 2.69. The molecule has 62 valence electrons. The summed E-state index contributed by atoms with van der Waals surface area (Å²) in [5.74, 6) is 4.51. The van der Waals surface area contributed by atoms with Gasteiger partial charge in [0.1, 0.15) is 0 Å². The van der Waals surface area contributed by atoms with Gasteiger partial charge in [-0.15, -0.1) is 0 Å². The number of alkyl halides is 3.